The highest BCUT2D eigenvalue weighted by atomic mass is 32.2. The Kier molecular flexibility index (Phi) is 4.86. The first kappa shape index (κ1) is 14.7. The van der Waals surface area contributed by atoms with Crippen LogP contribution in [-0.4, -0.2) is 37.4 Å². The van der Waals surface area contributed by atoms with Crippen LogP contribution in [0.1, 0.15) is 18.4 Å². The molecule has 6 heteroatoms. The van der Waals surface area contributed by atoms with Crippen molar-refractivity contribution in [3.8, 4) is 0 Å². The number of rotatable bonds is 1. The van der Waals surface area contributed by atoms with Crippen molar-refractivity contribution in [1.82, 2.24) is 4.90 Å². The number of carbonyl (C=O) groups excluding carboxylic acids is 1. The van der Waals surface area contributed by atoms with Crippen LogP contribution < -0.4 is 0 Å². The van der Waals surface area contributed by atoms with Crippen LogP contribution in [0.3, 0.4) is 0 Å². The van der Waals surface area contributed by atoms with Crippen molar-refractivity contribution in [2.24, 2.45) is 0 Å². The van der Waals surface area contributed by atoms with Crippen LogP contribution in [0.2, 0.25) is 0 Å². The zero-order chi connectivity index (χ0) is 13.8. The van der Waals surface area contributed by atoms with Gasteiger partial charge in [0.05, 0.1) is 4.90 Å². The fourth-order valence-corrected chi connectivity index (χ4v) is 1.97. The normalized spacial score (nSPS) is 15.3. The van der Waals surface area contributed by atoms with Gasteiger partial charge >= 0.3 is 0 Å². The molecule has 1 fully saturated rings. The van der Waals surface area contributed by atoms with E-state index in [1.54, 1.807) is 17.0 Å². The lowest BCUT2D eigenvalue weighted by Crippen LogP contribution is -2.17. The Hall–Kier alpha value is -1.40. The minimum absolute atomic E-state index is 0.0666. The van der Waals surface area contributed by atoms with Crippen LogP contribution in [-0.2, 0) is 14.9 Å². The van der Waals surface area contributed by atoms with E-state index < -0.39 is 10.1 Å². The molecule has 2 rings (SSSR count). The molecular formula is C12H17NO4S. The van der Waals surface area contributed by atoms with Crippen LogP contribution in [0.4, 0.5) is 0 Å². The molecule has 1 aromatic rings. The van der Waals surface area contributed by atoms with Crippen LogP contribution in [0.5, 0.6) is 0 Å². The van der Waals surface area contributed by atoms with Crippen molar-refractivity contribution in [1.29, 1.82) is 0 Å². The molecule has 1 aliphatic rings. The zero-order valence-electron chi connectivity index (χ0n) is 10.5. The number of amides is 1. The summed E-state index contributed by atoms with van der Waals surface area (Å²) in [5.74, 6) is 0.292. The molecule has 0 atom stereocenters. The molecule has 0 spiro atoms. The van der Waals surface area contributed by atoms with Crippen molar-refractivity contribution >= 4 is 16.0 Å². The van der Waals surface area contributed by atoms with E-state index in [-0.39, 0.29) is 4.90 Å². The Morgan fingerprint density at radius 3 is 2.06 bits per heavy atom. The van der Waals surface area contributed by atoms with Crippen LogP contribution in [0.15, 0.2) is 29.2 Å². The van der Waals surface area contributed by atoms with Crippen LogP contribution in [0, 0.1) is 6.92 Å². The van der Waals surface area contributed by atoms with E-state index >= 15 is 0 Å². The molecule has 1 saturated heterocycles. The lowest BCUT2D eigenvalue weighted by atomic mass is 10.2. The second kappa shape index (κ2) is 5.97. The van der Waals surface area contributed by atoms with Crippen LogP contribution in [0.25, 0.3) is 0 Å². The molecule has 0 aliphatic carbocycles. The molecule has 1 heterocycles. The summed E-state index contributed by atoms with van der Waals surface area (Å²) in [7, 11) is -2.18. The van der Waals surface area contributed by atoms with Gasteiger partial charge in [0, 0.05) is 20.0 Å². The molecule has 0 unspecified atom stereocenters. The van der Waals surface area contributed by atoms with E-state index in [1.807, 2.05) is 14.0 Å². The van der Waals surface area contributed by atoms with E-state index in [9.17, 15) is 13.2 Å². The van der Waals surface area contributed by atoms with Gasteiger partial charge in [-0.25, -0.2) is 0 Å². The van der Waals surface area contributed by atoms with E-state index in [2.05, 4.69) is 0 Å². The van der Waals surface area contributed by atoms with Crippen molar-refractivity contribution in [2.75, 3.05) is 13.6 Å². The molecule has 18 heavy (non-hydrogen) atoms. The van der Waals surface area contributed by atoms with E-state index in [4.69, 9.17) is 4.55 Å². The highest BCUT2D eigenvalue weighted by molar-refractivity contribution is 7.85. The number of aryl methyl sites for hydroxylation is 1. The summed E-state index contributed by atoms with van der Waals surface area (Å²) in [5.41, 5.74) is 0.956. The van der Waals surface area contributed by atoms with Crippen LogP contribution >= 0.6 is 0 Å². The largest absolute Gasteiger partial charge is 0.346 e. The molecule has 1 aliphatic heterocycles. The topological polar surface area (TPSA) is 74.7 Å². The molecule has 1 amide bonds. The van der Waals surface area contributed by atoms with Crippen molar-refractivity contribution in [3.63, 3.8) is 0 Å². The highest BCUT2D eigenvalue weighted by Crippen LogP contribution is 2.08. The Balaban J connectivity index is 0.000000199. The highest BCUT2D eigenvalue weighted by Gasteiger charge is 2.14. The number of hydrogen-bond acceptors (Lipinski definition) is 3. The molecule has 1 N–H and O–H groups in total. The lowest BCUT2D eigenvalue weighted by molar-refractivity contribution is -0.126. The zero-order valence-corrected chi connectivity index (χ0v) is 11.3. The first-order chi connectivity index (χ1) is 8.30. The number of hydrogen-bond donors (Lipinski definition) is 1. The molecule has 0 radical (unpaired) electrons. The van der Waals surface area contributed by atoms with E-state index in [1.165, 1.54) is 12.1 Å². The second-order valence-electron chi connectivity index (χ2n) is 4.21. The van der Waals surface area contributed by atoms with Gasteiger partial charge in [0.2, 0.25) is 5.91 Å². The maximum atomic E-state index is 10.5. The van der Waals surface area contributed by atoms with E-state index in [0.29, 0.717) is 5.91 Å². The van der Waals surface area contributed by atoms with Gasteiger partial charge in [0.1, 0.15) is 0 Å². The molecule has 0 aromatic heterocycles. The van der Waals surface area contributed by atoms with Gasteiger partial charge in [0.25, 0.3) is 10.1 Å². The fraction of sp³-hybridized carbons (Fsp3) is 0.417. The van der Waals surface area contributed by atoms with E-state index in [0.717, 1.165) is 24.9 Å². The van der Waals surface area contributed by atoms with Gasteiger partial charge in [-0.2, -0.15) is 8.42 Å². The third-order valence-corrected chi connectivity index (χ3v) is 3.50. The second-order valence-corrected chi connectivity index (χ2v) is 5.63. The first-order valence-corrected chi connectivity index (χ1v) is 7.03. The predicted octanol–water partition coefficient (Wildman–Crippen LogP) is 1.48. The molecule has 0 bridgehead atoms. The summed E-state index contributed by atoms with van der Waals surface area (Å²) >= 11 is 0. The van der Waals surface area contributed by atoms with Gasteiger partial charge in [-0.15, -0.1) is 0 Å². The quantitative estimate of drug-likeness (QED) is 0.785. The molecule has 5 nitrogen and oxygen atoms in total. The lowest BCUT2D eigenvalue weighted by Gasteiger charge is -2.03. The standard InChI is InChI=1S/C7H8O3S.C5H9NO/c1-6-2-4-7(5-3-6)11(8,9)10;1-6-4-2-3-5(6)7/h2-5H,1H3,(H,8,9,10);2-4H2,1H3. The fourth-order valence-electron chi connectivity index (χ4n) is 1.49. The smallest absolute Gasteiger partial charge is 0.294 e. The summed E-state index contributed by atoms with van der Waals surface area (Å²) in [5, 5.41) is 0. The molecule has 0 saturated carbocycles. The molecule has 1 aromatic carbocycles. The Morgan fingerprint density at radius 1 is 1.22 bits per heavy atom. The summed E-state index contributed by atoms with van der Waals surface area (Å²) in [6.45, 7) is 2.80. The molecular weight excluding hydrogens is 254 g/mol. The average Bonchev–Trinajstić information content (AvgIpc) is 2.63. The Morgan fingerprint density at radius 2 is 1.78 bits per heavy atom. The predicted molar refractivity (Wildman–Crippen MR) is 67.9 cm³/mol. The first-order valence-electron chi connectivity index (χ1n) is 5.59. The summed E-state index contributed by atoms with van der Waals surface area (Å²) < 4.78 is 29.6. The monoisotopic (exact) mass is 271 g/mol. The van der Waals surface area contributed by atoms with Gasteiger partial charge in [-0.1, -0.05) is 17.7 Å². The third kappa shape index (κ3) is 4.46. The van der Waals surface area contributed by atoms with Crippen molar-refractivity contribution in [2.45, 2.75) is 24.7 Å². The number of benzene rings is 1. The van der Waals surface area contributed by atoms with Gasteiger partial charge in [0.15, 0.2) is 0 Å². The van der Waals surface area contributed by atoms with Crippen molar-refractivity contribution < 1.29 is 17.8 Å². The minimum atomic E-state index is -4.02. The number of carbonyl (C=O) groups is 1. The number of nitrogens with zero attached hydrogens (tertiary/aromatic N) is 1. The maximum absolute atomic E-state index is 10.5. The summed E-state index contributed by atoms with van der Waals surface area (Å²) in [4.78, 5) is 12.2. The average molecular weight is 271 g/mol. The Bertz CT molecular complexity index is 507. The summed E-state index contributed by atoms with van der Waals surface area (Å²) in [6.07, 6.45) is 1.81. The third-order valence-electron chi connectivity index (χ3n) is 2.63. The Labute approximate surface area is 107 Å². The van der Waals surface area contributed by atoms with Crippen molar-refractivity contribution in [3.05, 3.63) is 29.8 Å². The minimum Gasteiger partial charge on any atom is -0.346 e. The summed E-state index contributed by atoms with van der Waals surface area (Å²) in [6, 6.07) is 5.99. The SMILES string of the molecule is CN1CCCC1=O.Cc1ccc(S(=O)(=O)O)cc1. The van der Waals surface area contributed by atoms with Gasteiger partial charge in [-0.3, -0.25) is 9.35 Å². The van der Waals surface area contributed by atoms with Gasteiger partial charge in [-0.05, 0) is 25.5 Å². The number of likely N-dealkylation sites (tertiary alicyclic amines) is 1. The van der Waals surface area contributed by atoms with Gasteiger partial charge < -0.3 is 4.90 Å². The molecule has 100 valence electrons. The maximum Gasteiger partial charge on any atom is 0.294 e.